The third-order valence-electron chi connectivity index (χ3n) is 3.47. The molecule has 0 radical (unpaired) electrons. The van der Waals surface area contributed by atoms with Crippen molar-refractivity contribution in [3.05, 3.63) is 47.2 Å². The molecule has 1 heterocycles. The Hall–Kier alpha value is -2.23. The maximum absolute atomic E-state index is 12.0. The van der Waals surface area contributed by atoms with Crippen molar-refractivity contribution in [3.8, 4) is 0 Å². The van der Waals surface area contributed by atoms with Gasteiger partial charge in [0.15, 0.2) is 0 Å². The van der Waals surface area contributed by atoms with Crippen LogP contribution in [0, 0.1) is 5.92 Å². The Labute approximate surface area is 118 Å². The van der Waals surface area contributed by atoms with Crippen LogP contribution in [0.3, 0.4) is 0 Å². The van der Waals surface area contributed by atoms with Crippen LogP contribution in [0.2, 0.25) is 0 Å². The number of hydrogen-bond acceptors (Lipinski definition) is 2. The number of aliphatic imine (C=N–C) groups is 1. The second-order valence-electron chi connectivity index (χ2n) is 4.78. The number of hydrogen-bond donors (Lipinski definition) is 1. The van der Waals surface area contributed by atoms with Crippen LogP contribution in [0.4, 0.5) is 0 Å². The number of amides is 2. The molecule has 2 aliphatic rings. The summed E-state index contributed by atoms with van der Waals surface area (Å²) in [7, 11) is 0. The highest BCUT2D eigenvalue weighted by Crippen LogP contribution is 2.31. The third-order valence-corrected chi connectivity index (χ3v) is 3.47. The lowest BCUT2D eigenvalue weighted by atomic mass is 9.84. The molecule has 0 aromatic rings. The highest BCUT2D eigenvalue weighted by atomic mass is 16.2. The van der Waals surface area contributed by atoms with Gasteiger partial charge in [-0.2, -0.15) is 0 Å². The maximum atomic E-state index is 12.0. The second-order valence-corrected chi connectivity index (χ2v) is 4.78. The molecule has 1 aliphatic carbocycles. The van der Waals surface area contributed by atoms with Gasteiger partial charge >= 0.3 is 0 Å². The third kappa shape index (κ3) is 2.69. The van der Waals surface area contributed by atoms with Crippen molar-refractivity contribution in [2.75, 3.05) is 0 Å². The predicted molar refractivity (Wildman–Crippen MR) is 79.1 cm³/mol. The summed E-state index contributed by atoms with van der Waals surface area (Å²) in [5.41, 5.74) is 3.26. The van der Waals surface area contributed by atoms with Crippen LogP contribution in [0.1, 0.15) is 27.2 Å². The first-order valence-corrected chi connectivity index (χ1v) is 6.73. The molecule has 104 valence electrons. The number of rotatable bonds is 2. The Morgan fingerprint density at radius 1 is 1.50 bits per heavy atom. The minimum atomic E-state index is -0.300. The highest BCUT2D eigenvalue weighted by Gasteiger charge is 2.28. The van der Waals surface area contributed by atoms with Gasteiger partial charge in [-0.25, -0.2) is 4.99 Å². The molecule has 2 amide bonds. The average molecular weight is 270 g/mol. The minimum Gasteiger partial charge on any atom is -0.325 e. The Morgan fingerprint density at radius 2 is 2.25 bits per heavy atom. The zero-order valence-corrected chi connectivity index (χ0v) is 11.9. The molecule has 1 N–H and O–H groups in total. The number of nitrogens with zero attached hydrogens (tertiary/aromatic N) is 1. The fourth-order valence-corrected chi connectivity index (χ4v) is 2.48. The molecule has 0 fully saturated rings. The minimum absolute atomic E-state index is 0.0538. The van der Waals surface area contributed by atoms with Crippen LogP contribution >= 0.6 is 0 Å². The molecule has 1 unspecified atom stereocenters. The van der Waals surface area contributed by atoms with Crippen molar-refractivity contribution in [3.63, 3.8) is 0 Å². The topological polar surface area (TPSA) is 58.5 Å². The molecule has 1 atom stereocenters. The summed E-state index contributed by atoms with van der Waals surface area (Å²) in [6.45, 7) is 5.72. The standard InChI is InChI=1S/C16H18N2O2/c1-4-6-15(19)17-11-7-8-13-10(3)12(5-2)16(20)18-14(13)9-11/h4,6-9,13H,5H2,1-3H3,(H,18,20)/b6-4-,17-11?. The summed E-state index contributed by atoms with van der Waals surface area (Å²) in [5.74, 6) is -0.272. The number of nitrogens with one attached hydrogen (secondary N) is 1. The second kappa shape index (κ2) is 5.82. The molecule has 0 saturated heterocycles. The van der Waals surface area contributed by atoms with E-state index in [9.17, 15) is 9.59 Å². The lowest BCUT2D eigenvalue weighted by Gasteiger charge is -2.29. The van der Waals surface area contributed by atoms with Crippen molar-refractivity contribution >= 4 is 17.5 Å². The first-order valence-electron chi connectivity index (χ1n) is 6.73. The van der Waals surface area contributed by atoms with E-state index in [0.29, 0.717) is 5.71 Å². The summed E-state index contributed by atoms with van der Waals surface area (Å²) in [5, 5.41) is 2.89. The van der Waals surface area contributed by atoms with Crippen molar-refractivity contribution in [1.82, 2.24) is 5.32 Å². The van der Waals surface area contributed by atoms with Gasteiger partial charge in [-0.3, -0.25) is 9.59 Å². The molecule has 4 heteroatoms. The van der Waals surface area contributed by atoms with Crippen molar-refractivity contribution in [2.45, 2.75) is 27.2 Å². The van der Waals surface area contributed by atoms with Gasteiger partial charge < -0.3 is 5.32 Å². The van der Waals surface area contributed by atoms with Crippen molar-refractivity contribution < 1.29 is 9.59 Å². The monoisotopic (exact) mass is 270 g/mol. The molecule has 2 rings (SSSR count). The van der Waals surface area contributed by atoms with E-state index in [0.717, 1.165) is 23.3 Å². The van der Waals surface area contributed by atoms with Crippen LogP contribution in [0.15, 0.2) is 52.2 Å². The summed E-state index contributed by atoms with van der Waals surface area (Å²) < 4.78 is 0. The normalized spacial score (nSPS) is 23.9. The van der Waals surface area contributed by atoms with Crippen LogP contribution < -0.4 is 5.32 Å². The van der Waals surface area contributed by atoms with Gasteiger partial charge in [-0.1, -0.05) is 24.6 Å². The summed E-state index contributed by atoms with van der Waals surface area (Å²) in [6.07, 6.45) is 9.34. The zero-order valence-electron chi connectivity index (χ0n) is 11.9. The van der Waals surface area contributed by atoms with Gasteiger partial charge in [0.05, 0.1) is 5.71 Å². The smallest absolute Gasteiger partial charge is 0.269 e. The molecule has 0 bridgehead atoms. The van der Waals surface area contributed by atoms with E-state index in [-0.39, 0.29) is 17.7 Å². The summed E-state index contributed by atoms with van der Waals surface area (Å²) >= 11 is 0. The molecule has 0 spiro atoms. The Balaban J connectivity index is 2.33. The highest BCUT2D eigenvalue weighted by molar-refractivity contribution is 6.13. The largest absolute Gasteiger partial charge is 0.325 e. The van der Waals surface area contributed by atoms with E-state index in [1.807, 2.05) is 26.0 Å². The zero-order chi connectivity index (χ0) is 14.7. The maximum Gasteiger partial charge on any atom is 0.269 e. The number of carbonyl (C=O) groups is 2. The van der Waals surface area contributed by atoms with Crippen molar-refractivity contribution in [2.24, 2.45) is 10.9 Å². The van der Waals surface area contributed by atoms with Gasteiger partial charge in [0, 0.05) is 23.3 Å². The van der Waals surface area contributed by atoms with Gasteiger partial charge in [-0.05, 0) is 32.4 Å². The summed E-state index contributed by atoms with van der Waals surface area (Å²) in [4.78, 5) is 27.4. The lowest BCUT2D eigenvalue weighted by Crippen LogP contribution is -2.36. The predicted octanol–water partition coefficient (Wildman–Crippen LogP) is 2.46. The van der Waals surface area contributed by atoms with Crippen molar-refractivity contribution in [1.29, 1.82) is 0 Å². The van der Waals surface area contributed by atoms with E-state index < -0.39 is 0 Å². The first kappa shape index (κ1) is 14.2. The number of allylic oxidation sites excluding steroid dienone is 4. The van der Waals surface area contributed by atoms with Crippen LogP contribution in [-0.4, -0.2) is 17.5 Å². The van der Waals surface area contributed by atoms with Crippen LogP contribution in [0.5, 0.6) is 0 Å². The Kier molecular flexibility index (Phi) is 4.13. The molecule has 0 aromatic carbocycles. The van der Waals surface area contributed by atoms with Gasteiger partial charge in [0.2, 0.25) is 0 Å². The van der Waals surface area contributed by atoms with E-state index in [1.165, 1.54) is 6.08 Å². The quantitative estimate of drug-likeness (QED) is 0.783. The van der Waals surface area contributed by atoms with Crippen LogP contribution in [-0.2, 0) is 9.59 Å². The van der Waals surface area contributed by atoms with E-state index in [4.69, 9.17) is 0 Å². The first-order chi connectivity index (χ1) is 9.56. The van der Waals surface area contributed by atoms with Gasteiger partial charge in [-0.15, -0.1) is 0 Å². The fraction of sp³-hybridized carbons (Fsp3) is 0.312. The Bertz CT molecular complexity index is 604. The van der Waals surface area contributed by atoms with E-state index >= 15 is 0 Å². The number of fused-ring (bicyclic) bond motifs is 1. The molecule has 20 heavy (non-hydrogen) atoms. The summed E-state index contributed by atoms with van der Waals surface area (Å²) in [6, 6.07) is 0. The molecule has 0 aromatic heterocycles. The molecule has 4 nitrogen and oxygen atoms in total. The van der Waals surface area contributed by atoms with Crippen LogP contribution in [0.25, 0.3) is 0 Å². The van der Waals surface area contributed by atoms with E-state index in [2.05, 4.69) is 10.3 Å². The number of carbonyl (C=O) groups excluding carboxylic acids is 2. The fourth-order valence-electron chi connectivity index (χ4n) is 2.48. The van der Waals surface area contributed by atoms with Gasteiger partial charge in [0.1, 0.15) is 0 Å². The SMILES string of the molecule is C/C=C\C(=O)N=C1C=CC2C(=C1)NC(=O)C(CC)=C2C. The average Bonchev–Trinajstić information content (AvgIpc) is 2.39. The molecule has 0 saturated carbocycles. The lowest BCUT2D eigenvalue weighted by molar-refractivity contribution is -0.117. The Morgan fingerprint density at radius 3 is 2.90 bits per heavy atom. The molecular formula is C16H18N2O2. The van der Waals surface area contributed by atoms with E-state index in [1.54, 1.807) is 19.1 Å². The molecule has 1 aliphatic heterocycles. The molecular weight excluding hydrogens is 252 g/mol. The van der Waals surface area contributed by atoms with Gasteiger partial charge in [0.25, 0.3) is 11.8 Å².